The fraction of sp³-hybridized carbons (Fsp3) is 0.154. The number of hydrogen-bond donors (Lipinski definition) is 0. The van der Waals surface area contributed by atoms with Crippen LogP contribution >= 0.6 is 15.9 Å². The number of ether oxygens (including phenoxy) is 1. The first-order chi connectivity index (χ1) is 7.75. The van der Waals surface area contributed by atoms with E-state index in [-0.39, 0.29) is 11.9 Å². The molecule has 0 amide bonds. The Morgan fingerprint density at radius 2 is 2.06 bits per heavy atom. The van der Waals surface area contributed by atoms with Gasteiger partial charge in [-0.2, -0.15) is 0 Å². The van der Waals surface area contributed by atoms with Crippen LogP contribution in [-0.4, -0.2) is 5.97 Å². The second-order valence-electron chi connectivity index (χ2n) is 3.91. The number of benzene rings is 1. The normalized spacial score (nSPS) is 22.6. The molecule has 0 bridgehead atoms. The smallest absolute Gasteiger partial charge is 0.319 e. The second-order valence-corrected chi connectivity index (χ2v) is 4.93. The topological polar surface area (TPSA) is 26.3 Å². The molecule has 1 aromatic carbocycles. The third-order valence-corrected chi connectivity index (χ3v) is 3.50. The van der Waals surface area contributed by atoms with Gasteiger partial charge in [-0.05, 0) is 22.5 Å². The lowest BCUT2D eigenvalue weighted by molar-refractivity contribution is -0.137. The highest BCUT2D eigenvalue weighted by atomic mass is 79.9. The van der Waals surface area contributed by atoms with Gasteiger partial charge in [0.25, 0.3) is 0 Å². The summed E-state index contributed by atoms with van der Waals surface area (Å²) in [6.07, 6.45) is 4.69. The van der Waals surface area contributed by atoms with Crippen molar-refractivity contribution in [3.63, 3.8) is 0 Å². The highest BCUT2D eigenvalue weighted by molar-refractivity contribution is 9.11. The van der Waals surface area contributed by atoms with Crippen molar-refractivity contribution in [1.29, 1.82) is 0 Å². The molecule has 1 aliphatic heterocycles. The number of carbonyl (C=O) groups is 1. The lowest BCUT2D eigenvalue weighted by atomic mass is 9.84. The molecule has 0 spiro atoms. The number of allylic oxidation sites excluding steroid dienone is 3. The van der Waals surface area contributed by atoms with Crippen molar-refractivity contribution >= 4 is 27.5 Å². The highest BCUT2D eigenvalue weighted by Crippen LogP contribution is 2.42. The van der Waals surface area contributed by atoms with Crippen LogP contribution < -0.4 is 4.74 Å². The lowest BCUT2D eigenvalue weighted by Crippen LogP contribution is -2.27. The van der Waals surface area contributed by atoms with Crippen molar-refractivity contribution in [2.75, 3.05) is 0 Å². The minimum Gasteiger partial charge on any atom is -0.425 e. The molecule has 1 aromatic rings. The van der Waals surface area contributed by atoms with E-state index in [4.69, 9.17) is 4.74 Å². The molecule has 2 nitrogen and oxygen atoms in total. The van der Waals surface area contributed by atoms with E-state index in [0.717, 1.165) is 15.6 Å². The van der Waals surface area contributed by atoms with Crippen LogP contribution in [0.1, 0.15) is 12.0 Å². The van der Waals surface area contributed by atoms with Crippen LogP contribution in [0.25, 0.3) is 5.57 Å². The molecule has 2 aliphatic rings. The Morgan fingerprint density at radius 1 is 1.25 bits per heavy atom. The number of hydrogen-bond acceptors (Lipinski definition) is 2. The number of esters is 1. The molecule has 1 heterocycles. The molecular weight excluding hydrogens is 268 g/mol. The fourth-order valence-corrected chi connectivity index (χ4v) is 2.59. The van der Waals surface area contributed by atoms with Gasteiger partial charge in [0, 0.05) is 5.56 Å². The van der Waals surface area contributed by atoms with E-state index < -0.39 is 0 Å². The zero-order valence-electron chi connectivity index (χ0n) is 8.44. The van der Waals surface area contributed by atoms with Gasteiger partial charge in [0.1, 0.15) is 5.75 Å². The van der Waals surface area contributed by atoms with Gasteiger partial charge in [0.05, 0.1) is 5.92 Å². The predicted octanol–water partition coefficient (Wildman–Crippen LogP) is 3.29. The first-order valence-corrected chi connectivity index (χ1v) is 5.92. The molecule has 16 heavy (non-hydrogen) atoms. The third-order valence-electron chi connectivity index (χ3n) is 2.91. The van der Waals surface area contributed by atoms with E-state index in [1.807, 2.05) is 36.4 Å². The summed E-state index contributed by atoms with van der Waals surface area (Å²) in [6, 6.07) is 7.66. The van der Waals surface area contributed by atoms with E-state index in [0.29, 0.717) is 12.2 Å². The number of para-hydroxylation sites is 1. The van der Waals surface area contributed by atoms with E-state index in [2.05, 4.69) is 15.9 Å². The summed E-state index contributed by atoms with van der Waals surface area (Å²) in [5.41, 5.74) is 2.10. The van der Waals surface area contributed by atoms with Gasteiger partial charge in [-0.1, -0.05) is 46.3 Å². The number of halogens is 1. The summed E-state index contributed by atoms with van der Waals surface area (Å²) in [6.45, 7) is 0. The van der Waals surface area contributed by atoms with Gasteiger partial charge >= 0.3 is 5.97 Å². The van der Waals surface area contributed by atoms with Crippen LogP contribution in [0.2, 0.25) is 0 Å². The number of rotatable bonds is 0. The Labute approximate surface area is 102 Å². The Hall–Kier alpha value is -1.35. The SMILES string of the molecule is O=C1Oc2ccccc2C2=CC=C(Br)CC12. The van der Waals surface area contributed by atoms with Crippen LogP contribution in [0, 0.1) is 5.92 Å². The Balaban J connectivity index is 2.18. The first kappa shape index (κ1) is 9.85. The number of carbonyl (C=O) groups excluding carboxylic acids is 1. The van der Waals surface area contributed by atoms with E-state index in [1.54, 1.807) is 0 Å². The standard InChI is InChI=1S/C13H9BrO2/c14-8-5-6-9-10-3-1-2-4-12(10)16-13(15)11(9)7-8/h1-6,11H,7H2. The first-order valence-electron chi connectivity index (χ1n) is 5.13. The monoisotopic (exact) mass is 276 g/mol. The average molecular weight is 277 g/mol. The molecule has 1 atom stereocenters. The largest absolute Gasteiger partial charge is 0.425 e. The molecule has 0 aromatic heterocycles. The quantitative estimate of drug-likeness (QED) is 0.537. The average Bonchev–Trinajstić information content (AvgIpc) is 2.29. The van der Waals surface area contributed by atoms with Gasteiger partial charge in [-0.15, -0.1) is 0 Å². The zero-order valence-corrected chi connectivity index (χ0v) is 10.0. The second kappa shape index (κ2) is 3.59. The molecule has 80 valence electrons. The number of fused-ring (bicyclic) bond motifs is 3. The van der Waals surface area contributed by atoms with E-state index >= 15 is 0 Å². The summed E-state index contributed by atoms with van der Waals surface area (Å²) < 4.78 is 6.36. The third kappa shape index (κ3) is 1.43. The molecule has 0 N–H and O–H groups in total. The molecule has 3 rings (SSSR count). The van der Waals surface area contributed by atoms with Crippen molar-refractivity contribution in [1.82, 2.24) is 0 Å². The van der Waals surface area contributed by atoms with Crippen LogP contribution in [0.5, 0.6) is 5.75 Å². The van der Waals surface area contributed by atoms with Crippen molar-refractivity contribution in [2.24, 2.45) is 5.92 Å². The van der Waals surface area contributed by atoms with Crippen LogP contribution in [-0.2, 0) is 4.79 Å². The van der Waals surface area contributed by atoms with E-state index in [1.165, 1.54) is 0 Å². The molecule has 1 unspecified atom stereocenters. The molecule has 0 saturated heterocycles. The maximum atomic E-state index is 11.8. The Kier molecular flexibility index (Phi) is 2.21. The summed E-state index contributed by atoms with van der Waals surface area (Å²) in [5, 5.41) is 0. The summed E-state index contributed by atoms with van der Waals surface area (Å²) in [4.78, 5) is 11.8. The van der Waals surface area contributed by atoms with E-state index in [9.17, 15) is 4.79 Å². The summed E-state index contributed by atoms with van der Waals surface area (Å²) >= 11 is 3.43. The summed E-state index contributed by atoms with van der Waals surface area (Å²) in [7, 11) is 0. The fourth-order valence-electron chi connectivity index (χ4n) is 2.13. The highest BCUT2D eigenvalue weighted by Gasteiger charge is 2.34. The Morgan fingerprint density at radius 3 is 2.94 bits per heavy atom. The van der Waals surface area contributed by atoms with Gasteiger partial charge in [0.2, 0.25) is 0 Å². The van der Waals surface area contributed by atoms with Crippen molar-refractivity contribution in [3.05, 3.63) is 46.5 Å². The van der Waals surface area contributed by atoms with Gasteiger partial charge < -0.3 is 4.74 Å². The molecule has 0 saturated carbocycles. The van der Waals surface area contributed by atoms with Crippen LogP contribution in [0.15, 0.2) is 40.9 Å². The maximum Gasteiger partial charge on any atom is 0.319 e. The zero-order chi connectivity index (χ0) is 11.1. The van der Waals surface area contributed by atoms with Gasteiger partial charge in [-0.25, -0.2) is 0 Å². The van der Waals surface area contributed by atoms with Gasteiger partial charge in [0.15, 0.2) is 0 Å². The lowest BCUT2D eigenvalue weighted by Gasteiger charge is -2.28. The van der Waals surface area contributed by atoms with Crippen molar-refractivity contribution in [3.8, 4) is 5.75 Å². The van der Waals surface area contributed by atoms with Gasteiger partial charge in [-0.3, -0.25) is 4.79 Å². The molecule has 1 aliphatic carbocycles. The maximum absolute atomic E-state index is 11.8. The van der Waals surface area contributed by atoms with Crippen molar-refractivity contribution in [2.45, 2.75) is 6.42 Å². The Bertz CT molecular complexity index is 528. The molecule has 3 heteroatoms. The van der Waals surface area contributed by atoms with Crippen molar-refractivity contribution < 1.29 is 9.53 Å². The summed E-state index contributed by atoms with van der Waals surface area (Å²) in [5.74, 6) is 0.352. The molecule has 0 radical (unpaired) electrons. The molecule has 0 fully saturated rings. The predicted molar refractivity (Wildman–Crippen MR) is 65.2 cm³/mol. The van der Waals surface area contributed by atoms with Crippen LogP contribution in [0.3, 0.4) is 0 Å². The van der Waals surface area contributed by atoms with Crippen LogP contribution in [0.4, 0.5) is 0 Å². The minimum atomic E-state index is -0.158. The molecular formula is C13H9BrO2. The minimum absolute atomic E-state index is 0.157.